The van der Waals surface area contributed by atoms with Crippen LogP contribution in [0.1, 0.15) is 21.7 Å². The van der Waals surface area contributed by atoms with Crippen molar-refractivity contribution in [2.75, 3.05) is 20.6 Å². The zero-order chi connectivity index (χ0) is 15.2. The lowest BCUT2D eigenvalue weighted by atomic mass is 10.1. The highest BCUT2D eigenvalue weighted by atomic mass is 16.3. The van der Waals surface area contributed by atoms with Crippen LogP contribution in [0.2, 0.25) is 0 Å². The van der Waals surface area contributed by atoms with Gasteiger partial charge in [-0.15, -0.1) is 0 Å². The molecule has 2 aromatic rings. The number of hydrogen-bond acceptors (Lipinski definition) is 3. The van der Waals surface area contributed by atoms with Crippen molar-refractivity contribution in [2.24, 2.45) is 0 Å². The smallest absolute Gasteiger partial charge is 0.287 e. The van der Waals surface area contributed by atoms with Crippen LogP contribution >= 0.6 is 0 Å². The van der Waals surface area contributed by atoms with Gasteiger partial charge in [0.2, 0.25) is 0 Å². The molecule has 2 rings (SSSR count). The molecule has 1 heterocycles. The Morgan fingerprint density at radius 1 is 1.24 bits per heavy atom. The summed E-state index contributed by atoms with van der Waals surface area (Å²) in [6.45, 7) is 2.45. The van der Waals surface area contributed by atoms with Gasteiger partial charge in [0, 0.05) is 18.2 Å². The maximum atomic E-state index is 12.1. The van der Waals surface area contributed by atoms with Crippen molar-refractivity contribution in [3.8, 4) is 0 Å². The summed E-state index contributed by atoms with van der Waals surface area (Å²) in [7, 11) is 4.05. The number of aryl methyl sites for hydroxylation is 1. The molecule has 1 atom stereocenters. The first-order valence-corrected chi connectivity index (χ1v) is 7.10. The molecule has 0 bridgehead atoms. The first kappa shape index (κ1) is 15.3. The van der Waals surface area contributed by atoms with Crippen LogP contribution in [-0.4, -0.2) is 37.5 Å². The molecule has 0 saturated carbocycles. The molecule has 1 aromatic heterocycles. The average molecular weight is 286 g/mol. The van der Waals surface area contributed by atoms with Gasteiger partial charge in [-0.1, -0.05) is 30.3 Å². The molecule has 112 valence electrons. The second-order valence-corrected chi connectivity index (χ2v) is 5.45. The number of nitrogens with zero attached hydrogens (tertiary/aromatic N) is 1. The molecular formula is C17H22N2O2. The summed E-state index contributed by atoms with van der Waals surface area (Å²) in [4.78, 5) is 14.2. The van der Waals surface area contributed by atoms with E-state index in [1.54, 1.807) is 6.07 Å². The normalized spacial score (nSPS) is 12.4. The zero-order valence-electron chi connectivity index (χ0n) is 12.8. The Morgan fingerprint density at radius 3 is 2.52 bits per heavy atom. The predicted molar refractivity (Wildman–Crippen MR) is 83.4 cm³/mol. The second kappa shape index (κ2) is 7.09. The lowest BCUT2D eigenvalue weighted by molar-refractivity contribution is 0.0913. The third-order valence-electron chi connectivity index (χ3n) is 3.61. The molecule has 4 nitrogen and oxygen atoms in total. The minimum atomic E-state index is -0.155. The van der Waals surface area contributed by atoms with Crippen molar-refractivity contribution in [1.29, 1.82) is 0 Å². The van der Waals surface area contributed by atoms with Gasteiger partial charge in [0.05, 0.1) is 6.26 Å². The summed E-state index contributed by atoms with van der Waals surface area (Å²) in [5.74, 6) is 0.240. The maximum Gasteiger partial charge on any atom is 0.287 e. The molecular weight excluding hydrogens is 264 g/mol. The molecule has 0 fully saturated rings. The minimum Gasteiger partial charge on any atom is -0.459 e. The number of carbonyl (C=O) groups is 1. The lowest BCUT2D eigenvalue weighted by Crippen LogP contribution is -2.41. The van der Waals surface area contributed by atoms with E-state index < -0.39 is 0 Å². The van der Waals surface area contributed by atoms with Crippen molar-refractivity contribution in [3.05, 3.63) is 59.5 Å². The molecule has 0 aliphatic heterocycles. The minimum absolute atomic E-state index is 0.155. The number of likely N-dealkylation sites (N-methyl/N-ethyl adjacent to an activating group) is 1. The van der Waals surface area contributed by atoms with Gasteiger partial charge in [0.15, 0.2) is 5.76 Å². The Labute approximate surface area is 125 Å². The summed E-state index contributed by atoms with van der Waals surface area (Å²) < 4.78 is 5.21. The second-order valence-electron chi connectivity index (χ2n) is 5.45. The van der Waals surface area contributed by atoms with E-state index >= 15 is 0 Å². The summed E-state index contributed by atoms with van der Waals surface area (Å²) >= 11 is 0. The molecule has 1 aromatic carbocycles. The third kappa shape index (κ3) is 4.20. The quantitative estimate of drug-likeness (QED) is 0.887. The Morgan fingerprint density at radius 2 is 1.95 bits per heavy atom. The topological polar surface area (TPSA) is 45.5 Å². The van der Waals surface area contributed by atoms with Gasteiger partial charge in [0.25, 0.3) is 5.91 Å². The molecule has 0 aliphatic rings. The van der Waals surface area contributed by atoms with Gasteiger partial charge < -0.3 is 14.6 Å². The Hall–Kier alpha value is -2.07. The molecule has 0 radical (unpaired) electrons. The van der Waals surface area contributed by atoms with E-state index in [9.17, 15) is 4.79 Å². The fourth-order valence-corrected chi connectivity index (χ4v) is 2.22. The number of carbonyl (C=O) groups excluding carboxylic acids is 1. The van der Waals surface area contributed by atoms with Crippen LogP contribution < -0.4 is 5.32 Å². The van der Waals surface area contributed by atoms with E-state index in [4.69, 9.17) is 4.42 Å². The predicted octanol–water partition coefficient (Wildman–Crippen LogP) is 2.49. The van der Waals surface area contributed by atoms with Crippen molar-refractivity contribution >= 4 is 5.91 Å². The van der Waals surface area contributed by atoms with Crippen LogP contribution in [0.3, 0.4) is 0 Å². The van der Waals surface area contributed by atoms with Crippen molar-refractivity contribution in [2.45, 2.75) is 19.4 Å². The molecule has 21 heavy (non-hydrogen) atoms. The summed E-state index contributed by atoms with van der Waals surface area (Å²) in [5.41, 5.74) is 2.12. The summed E-state index contributed by atoms with van der Waals surface area (Å²) in [6.07, 6.45) is 2.43. The average Bonchev–Trinajstić information content (AvgIpc) is 2.90. The lowest BCUT2D eigenvalue weighted by Gasteiger charge is -2.24. The van der Waals surface area contributed by atoms with Crippen LogP contribution in [0.5, 0.6) is 0 Å². The van der Waals surface area contributed by atoms with E-state index in [0.717, 1.165) is 12.0 Å². The number of benzene rings is 1. The van der Waals surface area contributed by atoms with Gasteiger partial charge in [-0.3, -0.25) is 4.79 Å². The molecule has 1 unspecified atom stereocenters. The van der Waals surface area contributed by atoms with Gasteiger partial charge in [-0.05, 0) is 39.1 Å². The van der Waals surface area contributed by atoms with Crippen LogP contribution in [0.4, 0.5) is 0 Å². The SMILES string of the molecule is Cc1ccoc1C(=O)NCC(Cc1ccccc1)N(C)C. The highest BCUT2D eigenvalue weighted by Gasteiger charge is 2.17. The zero-order valence-corrected chi connectivity index (χ0v) is 12.8. The van der Waals surface area contributed by atoms with Crippen LogP contribution in [0.15, 0.2) is 47.1 Å². The Balaban J connectivity index is 1.95. The number of amides is 1. The van der Waals surface area contributed by atoms with Crippen molar-refractivity contribution in [3.63, 3.8) is 0 Å². The van der Waals surface area contributed by atoms with Crippen LogP contribution in [-0.2, 0) is 6.42 Å². The van der Waals surface area contributed by atoms with Gasteiger partial charge in [-0.25, -0.2) is 0 Å². The van der Waals surface area contributed by atoms with E-state index in [0.29, 0.717) is 12.3 Å². The fourth-order valence-electron chi connectivity index (χ4n) is 2.22. The van der Waals surface area contributed by atoms with E-state index in [2.05, 4.69) is 22.3 Å². The van der Waals surface area contributed by atoms with Crippen molar-refractivity contribution in [1.82, 2.24) is 10.2 Å². The van der Waals surface area contributed by atoms with Crippen molar-refractivity contribution < 1.29 is 9.21 Å². The molecule has 1 N–H and O–H groups in total. The van der Waals surface area contributed by atoms with E-state index in [1.165, 1.54) is 11.8 Å². The maximum absolute atomic E-state index is 12.1. The van der Waals surface area contributed by atoms with E-state index in [-0.39, 0.29) is 11.9 Å². The summed E-state index contributed by atoms with van der Waals surface area (Å²) in [5, 5.41) is 2.95. The first-order chi connectivity index (χ1) is 10.1. The van der Waals surface area contributed by atoms with Gasteiger partial charge >= 0.3 is 0 Å². The largest absolute Gasteiger partial charge is 0.459 e. The van der Waals surface area contributed by atoms with Crippen LogP contribution in [0.25, 0.3) is 0 Å². The number of rotatable bonds is 6. The number of furan rings is 1. The summed E-state index contributed by atoms with van der Waals surface area (Å²) in [6, 6.07) is 12.3. The number of hydrogen-bond donors (Lipinski definition) is 1. The highest BCUT2D eigenvalue weighted by molar-refractivity contribution is 5.92. The standard InChI is InChI=1S/C17H22N2O2/c1-13-9-10-21-16(13)17(20)18-12-15(19(2)3)11-14-7-5-4-6-8-14/h4-10,15H,11-12H2,1-3H3,(H,18,20). The molecule has 0 saturated heterocycles. The van der Waals surface area contributed by atoms with Gasteiger partial charge in [0.1, 0.15) is 0 Å². The Kier molecular flexibility index (Phi) is 5.17. The van der Waals surface area contributed by atoms with Gasteiger partial charge in [-0.2, -0.15) is 0 Å². The molecule has 0 aliphatic carbocycles. The number of nitrogens with one attached hydrogen (secondary N) is 1. The third-order valence-corrected chi connectivity index (χ3v) is 3.61. The fraction of sp³-hybridized carbons (Fsp3) is 0.353. The first-order valence-electron chi connectivity index (χ1n) is 7.10. The highest BCUT2D eigenvalue weighted by Crippen LogP contribution is 2.09. The molecule has 0 spiro atoms. The molecule has 1 amide bonds. The Bertz CT molecular complexity index is 575. The monoisotopic (exact) mass is 286 g/mol. The van der Waals surface area contributed by atoms with E-state index in [1.807, 2.05) is 39.2 Å². The van der Waals surface area contributed by atoms with Crippen LogP contribution in [0, 0.1) is 6.92 Å². The molecule has 4 heteroatoms.